The zero-order valence-corrected chi connectivity index (χ0v) is 18.0. The summed E-state index contributed by atoms with van der Waals surface area (Å²) >= 11 is 1.63. The zero-order chi connectivity index (χ0) is 21.4. The number of carbonyl (C=O) groups excluding carboxylic acids is 2. The topological polar surface area (TPSA) is 84.3 Å². The predicted octanol–water partition coefficient (Wildman–Crippen LogP) is 3.49. The largest absolute Gasteiger partial charge is 0.326 e. The summed E-state index contributed by atoms with van der Waals surface area (Å²) in [6, 6.07) is 7.33. The molecule has 1 N–H and O–H groups in total. The molecule has 31 heavy (non-hydrogen) atoms. The Bertz CT molecular complexity index is 1230. The summed E-state index contributed by atoms with van der Waals surface area (Å²) in [7, 11) is 0. The Hall–Kier alpha value is -3.00. The highest BCUT2D eigenvalue weighted by molar-refractivity contribution is 7.18. The van der Waals surface area contributed by atoms with E-state index in [9.17, 15) is 14.4 Å². The summed E-state index contributed by atoms with van der Waals surface area (Å²) in [6.45, 7) is 0.990. The number of aromatic nitrogens is 2. The number of nitrogens with one attached hydrogen (secondary N) is 1. The van der Waals surface area contributed by atoms with Crippen molar-refractivity contribution in [2.75, 3.05) is 16.8 Å². The molecule has 3 aromatic rings. The Morgan fingerprint density at radius 1 is 1.13 bits per heavy atom. The van der Waals surface area contributed by atoms with Crippen molar-refractivity contribution >= 4 is 44.7 Å². The van der Waals surface area contributed by atoms with Crippen molar-refractivity contribution in [2.45, 2.75) is 51.5 Å². The molecule has 7 nitrogen and oxygen atoms in total. The molecule has 0 bridgehead atoms. The molecule has 1 saturated heterocycles. The van der Waals surface area contributed by atoms with E-state index in [1.807, 2.05) is 18.2 Å². The summed E-state index contributed by atoms with van der Waals surface area (Å²) in [5.74, 6) is -0.0643. The number of rotatable bonds is 5. The summed E-state index contributed by atoms with van der Waals surface area (Å²) in [5, 5.41) is 3.62. The molecule has 2 amide bonds. The van der Waals surface area contributed by atoms with E-state index >= 15 is 0 Å². The van der Waals surface area contributed by atoms with Gasteiger partial charge < -0.3 is 10.2 Å². The number of hydrogen-bond donors (Lipinski definition) is 1. The Labute approximate surface area is 183 Å². The van der Waals surface area contributed by atoms with Gasteiger partial charge in [0.2, 0.25) is 11.8 Å². The average Bonchev–Trinajstić information content (AvgIpc) is 3.37. The van der Waals surface area contributed by atoms with Crippen molar-refractivity contribution in [3.8, 4) is 0 Å². The molecule has 2 aromatic heterocycles. The van der Waals surface area contributed by atoms with Crippen LogP contribution in [0.4, 0.5) is 11.4 Å². The molecule has 5 rings (SSSR count). The first kappa shape index (κ1) is 19.9. The van der Waals surface area contributed by atoms with E-state index in [-0.39, 0.29) is 30.3 Å². The molecule has 2 aliphatic rings. The molecule has 8 heteroatoms. The number of fused-ring (bicyclic) bond motifs is 3. The minimum Gasteiger partial charge on any atom is -0.326 e. The number of amides is 2. The second-order valence-corrected chi connectivity index (χ2v) is 9.22. The monoisotopic (exact) mass is 436 g/mol. The number of aryl methyl sites for hydroxylation is 3. The predicted molar refractivity (Wildman–Crippen MR) is 122 cm³/mol. The highest BCUT2D eigenvalue weighted by atomic mass is 32.1. The zero-order valence-electron chi connectivity index (χ0n) is 17.2. The molecule has 0 spiro atoms. The minimum atomic E-state index is -0.177. The molecular weight excluding hydrogens is 412 g/mol. The summed E-state index contributed by atoms with van der Waals surface area (Å²) in [6.07, 6.45) is 7.39. The van der Waals surface area contributed by atoms with Crippen LogP contribution in [0.5, 0.6) is 0 Å². The second kappa shape index (κ2) is 8.26. The van der Waals surface area contributed by atoms with Gasteiger partial charge in [-0.2, -0.15) is 0 Å². The summed E-state index contributed by atoms with van der Waals surface area (Å²) in [4.78, 5) is 45.8. The van der Waals surface area contributed by atoms with E-state index in [0.717, 1.165) is 47.2 Å². The van der Waals surface area contributed by atoms with Crippen LogP contribution in [-0.2, 0) is 29.0 Å². The van der Waals surface area contributed by atoms with Crippen LogP contribution < -0.4 is 15.8 Å². The molecule has 0 unspecified atom stereocenters. The maximum atomic E-state index is 13.0. The number of thiophene rings is 1. The van der Waals surface area contributed by atoms with Crippen molar-refractivity contribution in [2.24, 2.45) is 0 Å². The first-order chi connectivity index (χ1) is 15.1. The van der Waals surface area contributed by atoms with Gasteiger partial charge in [-0.15, -0.1) is 11.3 Å². The molecule has 160 valence electrons. The van der Waals surface area contributed by atoms with Gasteiger partial charge >= 0.3 is 0 Å². The summed E-state index contributed by atoms with van der Waals surface area (Å²) < 4.78 is 1.54. The normalized spacial score (nSPS) is 16.0. The van der Waals surface area contributed by atoms with E-state index in [4.69, 9.17) is 0 Å². The lowest BCUT2D eigenvalue weighted by atomic mass is 9.97. The van der Waals surface area contributed by atoms with Crippen LogP contribution in [-0.4, -0.2) is 27.9 Å². The number of benzene rings is 1. The van der Waals surface area contributed by atoms with Crippen molar-refractivity contribution in [3.05, 3.63) is 51.4 Å². The quantitative estimate of drug-likeness (QED) is 0.664. The molecule has 1 fully saturated rings. The average molecular weight is 437 g/mol. The van der Waals surface area contributed by atoms with Crippen LogP contribution in [0.3, 0.4) is 0 Å². The van der Waals surface area contributed by atoms with Gasteiger partial charge in [0.25, 0.3) is 5.56 Å². The van der Waals surface area contributed by atoms with Crippen LogP contribution in [0.2, 0.25) is 0 Å². The van der Waals surface area contributed by atoms with Gasteiger partial charge in [0.15, 0.2) is 0 Å². The number of carbonyl (C=O) groups is 2. The number of hydrogen-bond acceptors (Lipinski definition) is 5. The van der Waals surface area contributed by atoms with Gasteiger partial charge in [0.1, 0.15) is 4.83 Å². The molecule has 1 aromatic carbocycles. The Morgan fingerprint density at radius 2 is 2.00 bits per heavy atom. The highest BCUT2D eigenvalue weighted by Crippen LogP contribution is 2.33. The minimum absolute atomic E-state index is 0.0493. The molecule has 1 aliphatic carbocycles. The van der Waals surface area contributed by atoms with Crippen LogP contribution in [0, 0.1) is 0 Å². The van der Waals surface area contributed by atoms with E-state index in [1.54, 1.807) is 33.2 Å². The first-order valence-electron chi connectivity index (χ1n) is 10.8. The lowest BCUT2D eigenvalue weighted by molar-refractivity contribution is -0.117. The molecular formula is C23H24N4O3S. The Balaban J connectivity index is 1.28. The highest BCUT2D eigenvalue weighted by Gasteiger charge is 2.22. The van der Waals surface area contributed by atoms with E-state index in [1.165, 1.54) is 11.3 Å². The third kappa shape index (κ3) is 3.87. The molecule has 0 saturated carbocycles. The van der Waals surface area contributed by atoms with Crippen LogP contribution >= 0.6 is 11.3 Å². The smallest absolute Gasteiger partial charge is 0.262 e. The van der Waals surface area contributed by atoms with Crippen LogP contribution in [0.15, 0.2) is 35.4 Å². The molecule has 3 heterocycles. The number of nitrogens with zero attached hydrogens (tertiary/aromatic N) is 3. The molecule has 0 atom stereocenters. The SMILES string of the molecule is O=C(CCn1cnc2sc3c(c2c1=O)CCCC3)Nc1cccc(N2CCCC2=O)c1. The third-order valence-electron chi connectivity index (χ3n) is 6.04. The van der Waals surface area contributed by atoms with Crippen LogP contribution in [0.1, 0.15) is 42.5 Å². The van der Waals surface area contributed by atoms with Crippen molar-refractivity contribution in [1.29, 1.82) is 0 Å². The van der Waals surface area contributed by atoms with E-state index in [2.05, 4.69) is 10.3 Å². The van der Waals surface area contributed by atoms with Crippen molar-refractivity contribution in [3.63, 3.8) is 0 Å². The van der Waals surface area contributed by atoms with E-state index in [0.29, 0.717) is 18.7 Å². The lowest BCUT2D eigenvalue weighted by Crippen LogP contribution is -2.25. The van der Waals surface area contributed by atoms with Gasteiger partial charge in [0.05, 0.1) is 11.7 Å². The lowest BCUT2D eigenvalue weighted by Gasteiger charge is -2.16. The van der Waals surface area contributed by atoms with Crippen molar-refractivity contribution < 1.29 is 9.59 Å². The fraction of sp³-hybridized carbons (Fsp3) is 0.391. The fourth-order valence-electron chi connectivity index (χ4n) is 4.46. The second-order valence-electron chi connectivity index (χ2n) is 8.13. The van der Waals surface area contributed by atoms with Gasteiger partial charge in [-0.25, -0.2) is 4.98 Å². The maximum absolute atomic E-state index is 13.0. The Kier molecular flexibility index (Phi) is 5.31. The van der Waals surface area contributed by atoms with Crippen LogP contribution in [0.25, 0.3) is 10.2 Å². The summed E-state index contributed by atoms with van der Waals surface area (Å²) in [5.41, 5.74) is 2.56. The maximum Gasteiger partial charge on any atom is 0.262 e. The van der Waals surface area contributed by atoms with Crippen molar-refractivity contribution in [1.82, 2.24) is 9.55 Å². The Morgan fingerprint density at radius 3 is 2.84 bits per heavy atom. The fourth-order valence-corrected chi connectivity index (χ4v) is 5.68. The first-order valence-corrected chi connectivity index (χ1v) is 11.6. The van der Waals surface area contributed by atoms with Gasteiger partial charge in [-0.05, 0) is 55.9 Å². The van der Waals surface area contributed by atoms with Gasteiger partial charge in [-0.1, -0.05) is 6.07 Å². The van der Waals surface area contributed by atoms with Gasteiger partial charge in [0, 0.05) is 42.2 Å². The standard InChI is InChI=1S/C23H24N4O3S/c28-19(25-15-5-3-6-16(13-15)27-11-4-9-20(27)29)10-12-26-14-24-22-21(23(26)30)17-7-1-2-8-18(17)31-22/h3,5-6,13-14H,1-2,4,7-12H2,(H,25,28). The molecule has 1 aliphatic heterocycles. The van der Waals surface area contributed by atoms with E-state index < -0.39 is 0 Å². The number of anilines is 2. The third-order valence-corrected chi connectivity index (χ3v) is 7.24. The molecule has 0 radical (unpaired) electrons. The van der Waals surface area contributed by atoms with Gasteiger partial charge in [-0.3, -0.25) is 19.0 Å².